The maximum absolute atomic E-state index is 9.39. The first-order chi connectivity index (χ1) is 8.66. The number of aromatic nitrogens is 1. The third kappa shape index (κ3) is 3.22. The molecular weight excluding hydrogens is 250 g/mol. The molecule has 0 aliphatic heterocycles. The Labute approximate surface area is 111 Å². The van der Waals surface area contributed by atoms with E-state index in [0.29, 0.717) is 11.6 Å². The minimum absolute atomic E-state index is 0.398. The number of hydrogen-bond donors (Lipinski definition) is 1. The van der Waals surface area contributed by atoms with Crippen molar-refractivity contribution in [2.45, 2.75) is 19.6 Å². The molecule has 3 nitrogen and oxygen atoms in total. The Morgan fingerprint density at radius 3 is 2.61 bits per heavy atom. The molecule has 0 spiro atoms. The Morgan fingerprint density at radius 1 is 1.28 bits per heavy atom. The Bertz CT molecular complexity index is 511. The number of aliphatic hydroxyl groups excluding tert-OH is 1. The van der Waals surface area contributed by atoms with E-state index in [1.54, 1.807) is 19.3 Å². The van der Waals surface area contributed by atoms with E-state index in [1.165, 1.54) is 0 Å². The second-order valence-corrected chi connectivity index (χ2v) is 4.41. The quantitative estimate of drug-likeness (QED) is 0.920. The summed E-state index contributed by atoms with van der Waals surface area (Å²) in [4.78, 5) is 3.92. The first kappa shape index (κ1) is 12.9. The Balaban J connectivity index is 2.00. The van der Waals surface area contributed by atoms with Gasteiger partial charge in [0.05, 0.1) is 11.1 Å². The number of aliphatic hydroxyl groups is 1. The molecule has 1 heterocycles. The summed E-state index contributed by atoms with van der Waals surface area (Å²) in [5.41, 5.74) is 1.76. The minimum Gasteiger partial charge on any atom is -0.489 e. The first-order valence-electron chi connectivity index (χ1n) is 5.66. The SMILES string of the molecule is C[C@@H](O)c1ccc(OCc2ccncc2Cl)cc1. The summed E-state index contributed by atoms with van der Waals surface area (Å²) in [5, 5.41) is 9.99. The summed E-state index contributed by atoms with van der Waals surface area (Å²) in [5.74, 6) is 0.743. The molecule has 0 saturated carbocycles. The monoisotopic (exact) mass is 263 g/mol. The minimum atomic E-state index is -0.464. The van der Waals surface area contributed by atoms with E-state index < -0.39 is 6.10 Å². The van der Waals surface area contributed by atoms with Crippen molar-refractivity contribution in [3.05, 3.63) is 58.9 Å². The van der Waals surface area contributed by atoms with Gasteiger partial charge in [0.15, 0.2) is 0 Å². The van der Waals surface area contributed by atoms with Gasteiger partial charge in [0, 0.05) is 18.0 Å². The van der Waals surface area contributed by atoms with E-state index in [2.05, 4.69) is 4.98 Å². The number of nitrogens with zero attached hydrogens (tertiary/aromatic N) is 1. The fourth-order valence-electron chi connectivity index (χ4n) is 1.52. The van der Waals surface area contributed by atoms with Gasteiger partial charge >= 0.3 is 0 Å². The molecule has 18 heavy (non-hydrogen) atoms. The second-order valence-electron chi connectivity index (χ2n) is 4.00. The number of halogens is 1. The zero-order valence-electron chi connectivity index (χ0n) is 10.0. The van der Waals surface area contributed by atoms with Gasteiger partial charge in [0.25, 0.3) is 0 Å². The highest BCUT2D eigenvalue weighted by atomic mass is 35.5. The van der Waals surface area contributed by atoms with Gasteiger partial charge in [0.1, 0.15) is 12.4 Å². The molecule has 0 aliphatic rings. The Kier molecular flexibility index (Phi) is 4.18. The Hall–Kier alpha value is -1.58. The molecular formula is C14H14ClNO2. The predicted octanol–water partition coefficient (Wildman–Crippen LogP) is 3.37. The van der Waals surface area contributed by atoms with Crippen LogP contribution in [0.4, 0.5) is 0 Å². The average Bonchev–Trinajstić information content (AvgIpc) is 2.38. The van der Waals surface area contributed by atoms with Crippen molar-refractivity contribution in [3.8, 4) is 5.75 Å². The molecule has 0 amide bonds. The Morgan fingerprint density at radius 2 is 2.00 bits per heavy atom. The van der Waals surface area contributed by atoms with Crippen molar-refractivity contribution in [3.63, 3.8) is 0 Å². The number of hydrogen-bond acceptors (Lipinski definition) is 3. The third-order valence-electron chi connectivity index (χ3n) is 2.61. The lowest BCUT2D eigenvalue weighted by Gasteiger charge is -2.09. The van der Waals surface area contributed by atoms with Crippen LogP contribution >= 0.6 is 11.6 Å². The summed E-state index contributed by atoms with van der Waals surface area (Å²) in [6.45, 7) is 2.13. The van der Waals surface area contributed by atoms with Crippen LogP contribution in [0.5, 0.6) is 5.75 Å². The topological polar surface area (TPSA) is 42.4 Å². The van der Waals surface area contributed by atoms with E-state index in [1.807, 2.05) is 30.3 Å². The summed E-state index contributed by atoms with van der Waals surface area (Å²) in [6.07, 6.45) is 2.81. The van der Waals surface area contributed by atoms with Gasteiger partial charge in [-0.25, -0.2) is 0 Å². The number of ether oxygens (including phenoxy) is 1. The first-order valence-corrected chi connectivity index (χ1v) is 6.04. The van der Waals surface area contributed by atoms with Gasteiger partial charge in [-0.2, -0.15) is 0 Å². The van der Waals surface area contributed by atoms with Crippen LogP contribution in [0.15, 0.2) is 42.7 Å². The van der Waals surface area contributed by atoms with E-state index in [-0.39, 0.29) is 0 Å². The van der Waals surface area contributed by atoms with Gasteiger partial charge in [0.2, 0.25) is 0 Å². The zero-order chi connectivity index (χ0) is 13.0. The summed E-state index contributed by atoms with van der Waals surface area (Å²) in [6, 6.07) is 9.17. The number of benzene rings is 1. The molecule has 0 fully saturated rings. The van der Waals surface area contributed by atoms with Crippen LogP contribution in [-0.4, -0.2) is 10.1 Å². The second kappa shape index (κ2) is 5.85. The van der Waals surface area contributed by atoms with Crippen molar-refractivity contribution in [1.82, 2.24) is 4.98 Å². The largest absolute Gasteiger partial charge is 0.489 e. The number of pyridine rings is 1. The smallest absolute Gasteiger partial charge is 0.119 e. The normalized spacial score (nSPS) is 12.2. The lowest BCUT2D eigenvalue weighted by atomic mass is 10.1. The maximum atomic E-state index is 9.39. The van der Waals surface area contributed by atoms with Gasteiger partial charge in [-0.05, 0) is 30.7 Å². The van der Waals surface area contributed by atoms with E-state index in [0.717, 1.165) is 16.9 Å². The molecule has 1 atom stereocenters. The molecule has 94 valence electrons. The van der Waals surface area contributed by atoms with Crippen molar-refractivity contribution < 1.29 is 9.84 Å². The molecule has 2 aromatic rings. The molecule has 4 heteroatoms. The van der Waals surface area contributed by atoms with Crippen LogP contribution in [0.2, 0.25) is 5.02 Å². The van der Waals surface area contributed by atoms with Crippen molar-refractivity contribution >= 4 is 11.6 Å². The zero-order valence-corrected chi connectivity index (χ0v) is 10.8. The van der Waals surface area contributed by atoms with Crippen LogP contribution in [0.1, 0.15) is 24.2 Å². The van der Waals surface area contributed by atoms with Gasteiger partial charge in [-0.3, -0.25) is 4.98 Å². The maximum Gasteiger partial charge on any atom is 0.119 e. The van der Waals surface area contributed by atoms with Crippen LogP contribution in [0.3, 0.4) is 0 Å². The van der Waals surface area contributed by atoms with Crippen LogP contribution in [0.25, 0.3) is 0 Å². The van der Waals surface area contributed by atoms with Crippen molar-refractivity contribution in [1.29, 1.82) is 0 Å². The third-order valence-corrected chi connectivity index (χ3v) is 2.95. The van der Waals surface area contributed by atoms with Gasteiger partial charge < -0.3 is 9.84 Å². The highest BCUT2D eigenvalue weighted by Crippen LogP contribution is 2.20. The van der Waals surface area contributed by atoms with Crippen molar-refractivity contribution in [2.75, 3.05) is 0 Å². The average molecular weight is 264 g/mol. The highest BCUT2D eigenvalue weighted by Gasteiger charge is 2.03. The highest BCUT2D eigenvalue weighted by molar-refractivity contribution is 6.31. The molecule has 0 saturated heterocycles. The van der Waals surface area contributed by atoms with Gasteiger partial charge in [-0.1, -0.05) is 23.7 Å². The molecule has 1 N–H and O–H groups in total. The van der Waals surface area contributed by atoms with Gasteiger partial charge in [-0.15, -0.1) is 0 Å². The standard InChI is InChI=1S/C14H14ClNO2/c1-10(17)11-2-4-13(5-3-11)18-9-12-6-7-16-8-14(12)15/h2-8,10,17H,9H2,1H3/t10-/m1/s1. The molecule has 1 aromatic carbocycles. The lowest BCUT2D eigenvalue weighted by Crippen LogP contribution is -1.97. The molecule has 0 unspecified atom stereocenters. The van der Waals surface area contributed by atoms with Crippen LogP contribution in [-0.2, 0) is 6.61 Å². The van der Waals surface area contributed by atoms with E-state index in [9.17, 15) is 5.11 Å². The van der Waals surface area contributed by atoms with Crippen LogP contribution in [0, 0.1) is 0 Å². The van der Waals surface area contributed by atoms with E-state index in [4.69, 9.17) is 16.3 Å². The molecule has 0 aliphatic carbocycles. The number of rotatable bonds is 4. The molecule has 2 rings (SSSR count). The summed E-state index contributed by atoms with van der Waals surface area (Å²) >= 11 is 5.98. The van der Waals surface area contributed by atoms with Crippen LogP contribution < -0.4 is 4.74 Å². The summed E-state index contributed by atoms with van der Waals surface area (Å²) in [7, 11) is 0. The fourth-order valence-corrected chi connectivity index (χ4v) is 1.70. The van der Waals surface area contributed by atoms with Crippen molar-refractivity contribution in [2.24, 2.45) is 0 Å². The molecule has 1 aromatic heterocycles. The molecule has 0 bridgehead atoms. The fraction of sp³-hybridized carbons (Fsp3) is 0.214. The predicted molar refractivity (Wildman–Crippen MR) is 70.7 cm³/mol. The lowest BCUT2D eigenvalue weighted by molar-refractivity contribution is 0.199. The van der Waals surface area contributed by atoms with E-state index >= 15 is 0 Å². The summed E-state index contributed by atoms with van der Waals surface area (Å²) < 4.78 is 5.61. The molecule has 0 radical (unpaired) electrons.